The van der Waals surface area contributed by atoms with Crippen LogP contribution < -0.4 is 10.9 Å². The van der Waals surface area contributed by atoms with Gasteiger partial charge in [-0.25, -0.2) is 4.39 Å². The molecule has 5 nitrogen and oxygen atoms in total. The van der Waals surface area contributed by atoms with Crippen molar-refractivity contribution in [2.75, 3.05) is 26.2 Å². The van der Waals surface area contributed by atoms with Crippen LogP contribution in [0.25, 0.3) is 5.69 Å². The predicted molar refractivity (Wildman–Crippen MR) is 90.0 cm³/mol. The summed E-state index contributed by atoms with van der Waals surface area (Å²) in [5, 5.41) is 2.88. The van der Waals surface area contributed by atoms with Gasteiger partial charge in [0.1, 0.15) is 5.82 Å². The maximum absolute atomic E-state index is 13.0. The van der Waals surface area contributed by atoms with Crippen molar-refractivity contribution in [1.82, 2.24) is 14.8 Å². The van der Waals surface area contributed by atoms with Crippen molar-refractivity contribution in [3.8, 4) is 5.69 Å². The molecule has 1 amide bonds. The number of likely N-dealkylation sites (tertiary alicyclic amines) is 1. The molecule has 2 heterocycles. The molecule has 1 saturated heterocycles. The third-order valence-electron chi connectivity index (χ3n) is 4.19. The zero-order valence-corrected chi connectivity index (χ0v) is 13.4. The van der Waals surface area contributed by atoms with Crippen molar-refractivity contribution in [1.29, 1.82) is 0 Å². The third kappa shape index (κ3) is 3.89. The van der Waals surface area contributed by atoms with E-state index < -0.39 is 0 Å². The molecule has 1 aromatic carbocycles. The quantitative estimate of drug-likeness (QED) is 0.910. The topological polar surface area (TPSA) is 54.3 Å². The molecule has 0 unspecified atom stereocenters. The molecular formula is C18H20FN3O2. The normalized spacial score (nSPS) is 14.7. The van der Waals surface area contributed by atoms with Crippen LogP contribution in [0.2, 0.25) is 0 Å². The first kappa shape index (κ1) is 16.4. The Bertz CT molecular complexity index is 765. The number of carbonyl (C=O) groups excluding carboxylic acids is 1. The second-order valence-corrected chi connectivity index (χ2v) is 5.91. The number of rotatable bonds is 5. The van der Waals surface area contributed by atoms with Gasteiger partial charge >= 0.3 is 0 Å². The Morgan fingerprint density at radius 2 is 1.79 bits per heavy atom. The van der Waals surface area contributed by atoms with Crippen LogP contribution >= 0.6 is 0 Å². The number of pyridine rings is 1. The minimum atomic E-state index is -0.373. The van der Waals surface area contributed by atoms with Crippen molar-refractivity contribution in [3.63, 3.8) is 0 Å². The summed E-state index contributed by atoms with van der Waals surface area (Å²) in [5.74, 6) is -0.590. The van der Waals surface area contributed by atoms with Gasteiger partial charge in [0.05, 0.1) is 5.56 Å². The lowest BCUT2D eigenvalue weighted by Crippen LogP contribution is -2.34. The van der Waals surface area contributed by atoms with Gasteiger partial charge in [0.2, 0.25) is 0 Å². The first-order valence-corrected chi connectivity index (χ1v) is 8.13. The van der Waals surface area contributed by atoms with Crippen LogP contribution in [0.4, 0.5) is 4.39 Å². The van der Waals surface area contributed by atoms with Crippen molar-refractivity contribution in [2.24, 2.45) is 0 Å². The molecule has 1 N–H and O–H groups in total. The first-order valence-electron chi connectivity index (χ1n) is 8.13. The molecule has 1 aliphatic heterocycles. The molecule has 0 bridgehead atoms. The highest BCUT2D eigenvalue weighted by molar-refractivity contribution is 5.93. The van der Waals surface area contributed by atoms with E-state index in [4.69, 9.17) is 0 Å². The van der Waals surface area contributed by atoms with Gasteiger partial charge in [-0.15, -0.1) is 0 Å². The summed E-state index contributed by atoms with van der Waals surface area (Å²) in [4.78, 5) is 26.6. The Morgan fingerprint density at radius 1 is 1.08 bits per heavy atom. The number of amides is 1. The van der Waals surface area contributed by atoms with E-state index in [1.807, 2.05) is 0 Å². The van der Waals surface area contributed by atoms with Crippen molar-refractivity contribution in [2.45, 2.75) is 12.8 Å². The maximum atomic E-state index is 13.0. The van der Waals surface area contributed by atoms with Gasteiger partial charge < -0.3 is 10.2 Å². The molecule has 3 rings (SSSR count). The summed E-state index contributed by atoms with van der Waals surface area (Å²) in [6.45, 7) is 3.59. The van der Waals surface area contributed by atoms with E-state index in [0.717, 1.165) is 19.6 Å². The smallest absolute Gasteiger partial charge is 0.255 e. The van der Waals surface area contributed by atoms with Gasteiger partial charge in [-0.2, -0.15) is 0 Å². The van der Waals surface area contributed by atoms with Crippen LogP contribution in [-0.4, -0.2) is 41.6 Å². The molecule has 0 radical (unpaired) electrons. The van der Waals surface area contributed by atoms with Crippen LogP contribution in [-0.2, 0) is 0 Å². The zero-order chi connectivity index (χ0) is 16.9. The monoisotopic (exact) mass is 329 g/mol. The molecule has 126 valence electrons. The Labute approximate surface area is 139 Å². The van der Waals surface area contributed by atoms with E-state index in [1.54, 1.807) is 0 Å². The van der Waals surface area contributed by atoms with E-state index >= 15 is 0 Å². The maximum Gasteiger partial charge on any atom is 0.255 e. The largest absolute Gasteiger partial charge is 0.351 e. The molecule has 0 aliphatic carbocycles. The molecule has 1 aromatic heterocycles. The van der Waals surface area contributed by atoms with Gasteiger partial charge in [-0.1, -0.05) is 0 Å². The van der Waals surface area contributed by atoms with Crippen LogP contribution in [0, 0.1) is 5.82 Å². The van der Waals surface area contributed by atoms with Crippen LogP contribution in [0.1, 0.15) is 23.2 Å². The minimum Gasteiger partial charge on any atom is -0.351 e. The fourth-order valence-corrected chi connectivity index (χ4v) is 2.86. The second-order valence-electron chi connectivity index (χ2n) is 5.91. The lowest BCUT2D eigenvalue weighted by atomic mass is 10.2. The summed E-state index contributed by atoms with van der Waals surface area (Å²) in [5.41, 5.74) is 0.656. The number of nitrogens with one attached hydrogen (secondary N) is 1. The lowest BCUT2D eigenvalue weighted by Gasteiger charge is -2.15. The molecule has 0 atom stereocenters. The molecule has 1 aliphatic rings. The average molecular weight is 329 g/mol. The molecule has 1 fully saturated rings. The number of hydrogen-bond acceptors (Lipinski definition) is 3. The minimum absolute atomic E-state index is 0.218. The van der Waals surface area contributed by atoms with Gasteiger partial charge in [-0.05, 0) is 56.3 Å². The highest BCUT2D eigenvalue weighted by atomic mass is 19.1. The fourth-order valence-electron chi connectivity index (χ4n) is 2.86. The average Bonchev–Trinajstić information content (AvgIpc) is 3.09. The Kier molecular flexibility index (Phi) is 5.05. The van der Waals surface area contributed by atoms with E-state index in [-0.39, 0.29) is 17.3 Å². The zero-order valence-electron chi connectivity index (χ0n) is 13.4. The predicted octanol–water partition coefficient (Wildman–Crippen LogP) is 1.80. The number of carbonyl (C=O) groups is 1. The second kappa shape index (κ2) is 7.40. The lowest BCUT2D eigenvalue weighted by molar-refractivity contribution is 0.0949. The Hall–Kier alpha value is -2.47. The summed E-state index contributed by atoms with van der Waals surface area (Å²) >= 11 is 0. The standard InChI is InChI=1S/C18H20FN3O2/c19-15-4-6-16(7-5-15)22-13-14(3-8-17(22)23)18(24)20-9-12-21-10-1-2-11-21/h3-8,13H,1-2,9-12H2,(H,20,24). The molecule has 24 heavy (non-hydrogen) atoms. The van der Waals surface area contributed by atoms with Gasteiger partial charge in [0.15, 0.2) is 0 Å². The highest BCUT2D eigenvalue weighted by Crippen LogP contribution is 2.08. The number of aromatic nitrogens is 1. The van der Waals surface area contributed by atoms with Crippen LogP contribution in [0.5, 0.6) is 0 Å². The molecule has 2 aromatic rings. The molecule has 6 heteroatoms. The fraction of sp³-hybridized carbons (Fsp3) is 0.333. The van der Waals surface area contributed by atoms with Crippen molar-refractivity contribution < 1.29 is 9.18 Å². The Morgan fingerprint density at radius 3 is 2.50 bits per heavy atom. The summed E-state index contributed by atoms with van der Waals surface area (Å²) in [6, 6.07) is 8.43. The number of benzene rings is 1. The first-order chi connectivity index (χ1) is 11.6. The van der Waals surface area contributed by atoms with Gasteiger partial charge in [0, 0.05) is 31.0 Å². The molecule has 0 saturated carbocycles. The summed E-state index contributed by atoms with van der Waals surface area (Å²) in [7, 11) is 0. The van der Waals surface area contributed by atoms with E-state index in [9.17, 15) is 14.0 Å². The van der Waals surface area contributed by atoms with Gasteiger partial charge in [-0.3, -0.25) is 14.2 Å². The number of hydrogen-bond donors (Lipinski definition) is 1. The molecule has 0 spiro atoms. The third-order valence-corrected chi connectivity index (χ3v) is 4.19. The van der Waals surface area contributed by atoms with Crippen molar-refractivity contribution >= 4 is 5.91 Å². The van der Waals surface area contributed by atoms with E-state index in [2.05, 4.69) is 10.2 Å². The SMILES string of the molecule is O=C(NCCN1CCCC1)c1ccc(=O)n(-c2ccc(F)cc2)c1. The van der Waals surface area contributed by atoms with E-state index in [0.29, 0.717) is 17.8 Å². The van der Waals surface area contributed by atoms with E-state index in [1.165, 1.54) is 60.0 Å². The summed E-state index contributed by atoms with van der Waals surface area (Å²) in [6.07, 6.45) is 3.92. The number of halogens is 1. The van der Waals surface area contributed by atoms with Crippen molar-refractivity contribution in [3.05, 3.63) is 64.3 Å². The summed E-state index contributed by atoms with van der Waals surface area (Å²) < 4.78 is 14.4. The molecular weight excluding hydrogens is 309 g/mol. The number of nitrogens with zero attached hydrogens (tertiary/aromatic N) is 2. The van der Waals surface area contributed by atoms with Gasteiger partial charge in [0.25, 0.3) is 11.5 Å². The van der Waals surface area contributed by atoms with Crippen LogP contribution in [0.15, 0.2) is 47.4 Å². The highest BCUT2D eigenvalue weighted by Gasteiger charge is 2.12. The van der Waals surface area contributed by atoms with Crippen LogP contribution in [0.3, 0.4) is 0 Å². The Balaban J connectivity index is 1.69.